The Kier molecular flexibility index (Phi) is 5.13. The van der Waals surface area contributed by atoms with Crippen molar-refractivity contribution in [2.45, 2.75) is 31.0 Å². The largest absolute Gasteiger partial charge is 0.425 e. The van der Waals surface area contributed by atoms with Crippen molar-refractivity contribution in [2.75, 3.05) is 5.32 Å². The second-order valence-electron chi connectivity index (χ2n) is 7.94. The number of aromatic nitrogens is 1. The number of amides is 1. The Labute approximate surface area is 177 Å². The smallest absolute Gasteiger partial charge is 0.372 e. The van der Waals surface area contributed by atoms with Gasteiger partial charge in [0.25, 0.3) is 0 Å². The van der Waals surface area contributed by atoms with E-state index in [2.05, 4.69) is 5.32 Å². The fraction of sp³-hybridized carbons (Fsp3) is 0.304. The first-order valence-corrected chi connectivity index (χ1v) is 9.96. The van der Waals surface area contributed by atoms with Crippen LogP contribution in [0.25, 0.3) is 10.9 Å². The molecule has 0 aliphatic heterocycles. The molecule has 31 heavy (non-hydrogen) atoms. The van der Waals surface area contributed by atoms with Gasteiger partial charge in [-0.05, 0) is 36.6 Å². The number of carbonyl (C=O) groups excluding carboxylic acids is 1. The molecule has 1 aromatic heterocycles. The number of alkyl halides is 3. The summed E-state index contributed by atoms with van der Waals surface area (Å²) in [5.74, 6) is -0.316. The van der Waals surface area contributed by atoms with Crippen molar-refractivity contribution in [3.05, 3.63) is 65.4 Å². The fourth-order valence-corrected chi connectivity index (χ4v) is 4.03. The van der Waals surface area contributed by atoms with Crippen LogP contribution >= 0.6 is 0 Å². The molecule has 1 unspecified atom stereocenters. The second kappa shape index (κ2) is 7.53. The fourth-order valence-electron chi connectivity index (χ4n) is 4.03. The lowest BCUT2D eigenvalue weighted by Crippen LogP contribution is -2.43. The molecule has 3 aromatic rings. The minimum Gasteiger partial charge on any atom is -0.372 e. The molecule has 162 valence electrons. The van der Waals surface area contributed by atoms with Crippen LogP contribution in [0.2, 0.25) is 0 Å². The van der Waals surface area contributed by atoms with Crippen LogP contribution in [0.4, 0.5) is 18.9 Å². The van der Waals surface area contributed by atoms with Crippen LogP contribution in [-0.4, -0.2) is 28.0 Å². The van der Waals surface area contributed by atoms with Crippen molar-refractivity contribution in [3.8, 4) is 0 Å². The number of para-hydroxylation sites is 1. The van der Waals surface area contributed by atoms with E-state index in [9.17, 15) is 23.1 Å². The molecular weight excluding hydrogens is 407 g/mol. The number of hydrogen-bond donors (Lipinski definition) is 3. The highest BCUT2D eigenvalue weighted by atomic mass is 19.4. The molecule has 1 atom stereocenters. The molecule has 3 N–H and O–H groups in total. The Balaban J connectivity index is 1.83. The molecule has 1 fully saturated rings. The average molecular weight is 429 g/mol. The molecular formula is C23H22F3N3O2. The first-order chi connectivity index (χ1) is 14.7. The summed E-state index contributed by atoms with van der Waals surface area (Å²) in [6.07, 6.45) is -0.350. The number of rotatable bonds is 5. The van der Waals surface area contributed by atoms with Crippen molar-refractivity contribution < 1.29 is 23.1 Å². The van der Waals surface area contributed by atoms with Gasteiger partial charge in [-0.1, -0.05) is 30.7 Å². The standard InChI is InChI=1S/C23H22F3N3O2/c1-29-13-18(17-7-2-3-8-20(17)29)22(31,23(24,25)26)16-9-10-19(15(11-16)12-27)28-21(30)14-5-4-6-14/h2-3,7-14,27,31H,4-6H2,1H3,(H,28,30). The monoisotopic (exact) mass is 429 g/mol. The van der Waals surface area contributed by atoms with Gasteiger partial charge < -0.3 is 20.4 Å². The molecule has 2 aromatic carbocycles. The Morgan fingerprint density at radius 1 is 1.23 bits per heavy atom. The van der Waals surface area contributed by atoms with Crippen molar-refractivity contribution in [2.24, 2.45) is 13.0 Å². The zero-order chi connectivity index (χ0) is 22.4. The van der Waals surface area contributed by atoms with Gasteiger partial charge in [-0.3, -0.25) is 4.79 Å². The van der Waals surface area contributed by atoms with Gasteiger partial charge >= 0.3 is 6.18 Å². The first-order valence-electron chi connectivity index (χ1n) is 9.96. The molecule has 0 saturated heterocycles. The van der Waals surface area contributed by atoms with E-state index in [0.29, 0.717) is 5.52 Å². The zero-order valence-corrected chi connectivity index (χ0v) is 16.8. The molecule has 0 bridgehead atoms. The van der Waals surface area contributed by atoms with Crippen molar-refractivity contribution in [3.63, 3.8) is 0 Å². The van der Waals surface area contributed by atoms with E-state index in [-0.39, 0.29) is 34.0 Å². The molecule has 5 nitrogen and oxygen atoms in total. The third kappa shape index (κ3) is 3.40. The van der Waals surface area contributed by atoms with Gasteiger partial charge in [-0.25, -0.2) is 0 Å². The lowest BCUT2D eigenvalue weighted by atomic mass is 9.83. The second-order valence-corrected chi connectivity index (χ2v) is 7.94. The number of aryl methyl sites for hydroxylation is 1. The molecule has 1 aliphatic rings. The van der Waals surface area contributed by atoms with Crippen molar-refractivity contribution in [1.29, 1.82) is 5.41 Å². The number of nitrogens with zero attached hydrogens (tertiary/aromatic N) is 1. The Morgan fingerprint density at radius 2 is 1.94 bits per heavy atom. The molecule has 8 heteroatoms. The maximum absolute atomic E-state index is 14.3. The van der Waals surface area contributed by atoms with Gasteiger partial charge in [0.15, 0.2) is 0 Å². The van der Waals surface area contributed by atoms with E-state index in [0.717, 1.165) is 37.6 Å². The lowest BCUT2D eigenvalue weighted by Gasteiger charge is -2.31. The number of anilines is 1. The zero-order valence-electron chi connectivity index (χ0n) is 16.8. The number of aliphatic hydroxyl groups is 1. The summed E-state index contributed by atoms with van der Waals surface area (Å²) >= 11 is 0. The molecule has 0 spiro atoms. The van der Waals surface area contributed by atoms with Gasteiger partial charge in [-0.2, -0.15) is 13.2 Å². The van der Waals surface area contributed by atoms with Crippen molar-refractivity contribution in [1.82, 2.24) is 4.57 Å². The van der Waals surface area contributed by atoms with Crippen LogP contribution < -0.4 is 5.32 Å². The third-order valence-electron chi connectivity index (χ3n) is 6.06. The summed E-state index contributed by atoms with van der Waals surface area (Å²) in [4.78, 5) is 12.3. The highest BCUT2D eigenvalue weighted by Crippen LogP contribution is 2.47. The summed E-state index contributed by atoms with van der Waals surface area (Å²) in [5, 5.41) is 21.8. The Morgan fingerprint density at radius 3 is 2.55 bits per heavy atom. The van der Waals surface area contributed by atoms with E-state index < -0.39 is 17.3 Å². The molecule has 1 amide bonds. The van der Waals surface area contributed by atoms with Crippen LogP contribution in [0.3, 0.4) is 0 Å². The predicted octanol–water partition coefficient (Wildman–Crippen LogP) is 4.71. The lowest BCUT2D eigenvalue weighted by molar-refractivity contribution is -0.247. The number of hydrogen-bond acceptors (Lipinski definition) is 3. The maximum Gasteiger partial charge on any atom is 0.425 e. The topological polar surface area (TPSA) is 78.1 Å². The van der Waals surface area contributed by atoms with Crippen LogP contribution in [-0.2, 0) is 17.4 Å². The van der Waals surface area contributed by atoms with Gasteiger partial charge in [0.2, 0.25) is 11.5 Å². The molecule has 4 rings (SSSR count). The van der Waals surface area contributed by atoms with E-state index in [1.54, 1.807) is 25.2 Å². The minimum atomic E-state index is -5.02. The van der Waals surface area contributed by atoms with Gasteiger partial charge in [0, 0.05) is 53.1 Å². The number of fused-ring (bicyclic) bond motifs is 1. The maximum atomic E-state index is 14.3. The van der Waals surface area contributed by atoms with Crippen LogP contribution in [0.5, 0.6) is 0 Å². The predicted molar refractivity (Wildman–Crippen MR) is 112 cm³/mol. The van der Waals surface area contributed by atoms with E-state index in [1.807, 2.05) is 0 Å². The molecule has 0 radical (unpaired) electrons. The third-order valence-corrected chi connectivity index (χ3v) is 6.06. The molecule has 1 saturated carbocycles. The first kappa shape index (κ1) is 21.1. The summed E-state index contributed by atoms with van der Waals surface area (Å²) in [5.41, 5.74) is -3.11. The summed E-state index contributed by atoms with van der Waals surface area (Å²) < 4.78 is 44.5. The molecule has 1 aliphatic carbocycles. The number of nitrogens with one attached hydrogen (secondary N) is 2. The quantitative estimate of drug-likeness (QED) is 0.514. The highest BCUT2D eigenvalue weighted by Gasteiger charge is 2.57. The number of halogens is 3. The van der Waals surface area contributed by atoms with Gasteiger partial charge in [0.1, 0.15) is 0 Å². The summed E-state index contributed by atoms with van der Waals surface area (Å²) in [7, 11) is 1.62. The average Bonchev–Trinajstić information content (AvgIpc) is 3.02. The highest BCUT2D eigenvalue weighted by molar-refractivity contribution is 5.98. The number of benzene rings is 2. The van der Waals surface area contributed by atoms with Gasteiger partial charge in [-0.15, -0.1) is 0 Å². The SMILES string of the molecule is Cn1cc(C(O)(c2ccc(NC(=O)C3CCC3)c(C=N)c2)C(F)(F)F)c2ccccc21. The van der Waals surface area contributed by atoms with E-state index in [4.69, 9.17) is 5.41 Å². The van der Waals surface area contributed by atoms with Crippen LogP contribution in [0, 0.1) is 11.3 Å². The Hall–Kier alpha value is -3.13. The summed E-state index contributed by atoms with van der Waals surface area (Å²) in [6, 6.07) is 10.1. The normalized spacial score (nSPS) is 16.5. The summed E-state index contributed by atoms with van der Waals surface area (Å²) in [6.45, 7) is 0. The van der Waals surface area contributed by atoms with E-state index in [1.165, 1.54) is 22.9 Å². The van der Waals surface area contributed by atoms with Gasteiger partial charge in [0.05, 0.1) is 0 Å². The van der Waals surface area contributed by atoms with E-state index >= 15 is 0 Å². The minimum absolute atomic E-state index is 0.0908. The van der Waals surface area contributed by atoms with Crippen LogP contribution in [0.1, 0.15) is 36.0 Å². The molecule has 1 heterocycles. The van der Waals surface area contributed by atoms with Crippen molar-refractivity contribution >= 4 is 28.7 Å². The Bertz CT molecular complexity index is 1160. The number of carbonyl (C=O) groups is 1. The van der Waals surface area contributed by atoms with Crippen LogP contribution in [0.15, 0.2) is 48.7 Å².